The quantitative estimate of drug-likeness (QED) is 0.504. The zero-order chi connectivity index (χ0) is 14.1. The van der Waals surface area contributed by atoms with Crippen LogP contribution in [0.25, 0.3) is 0 Å². The summed E-state index contributed by atoms with van der Waals surface area (Å²) in [6.07, 6.45) is 3.24. The second kappa shape index (κ2) is 3.96. The van der Waals surface area contributed by atoms with E-state index >= 15 is 0 Å². The first-order chi connectivity index (χ1) is 9.46. The van der Waals surface area contributed by atoms with Crippen LogP contribution in [0, 0.1) is 23.7 Å². The summed E-state index contributed by atoms with van der Waals surface area (Å²) in [5.74, 6) is -0.137. The Balaban J connectivity index is 1.84. The Morgan fingerprint density at radius 1 is 1.10 bits per heavy atom. The summed E-state index contributed by atoms with van der Waals surface area (Å²) in [6, 6.07) is 0. The lowest BCUT2D eigenvalue weighted by molar-refractivity contribution is -0.559. The number of carbonyl (C=O) groups excluding carboxylic acids is 1. The van der Waals surface area contributed by atoms with Gasteiger partial charge in [0.2, 0.25) is 12.1 Å². The molecule has 5 heteroatoms. The molecule has 0 N–H and O–H groups in total. The molecule has 1 unspecified atom stereocenters. The zero-order valence-corrected chi connectivity index (χ0v) is 12.3. The van der Waals surface area contributed by atoms with Gasteiger partial charge < -0.3 is 9.47 Å². The Hall–Kier alpha value is -0.650. The fourth-order valence-electron chi connectivity index (χ4n) is 4.76. The molecule has 4 aliphatic heterocycles. The Morgan fingerprint density at radius 3 is 2.70 bits per heavy atom. The summed E-state index contributed by atoms with van der Waals surface area (Å²) in [7, 11) is 0. The van der Waals surface area contributed by atoms with Crippen molar-refractivity contribution >= 4 is 5.97 Å². The summed E-state index contributed by atoms with van der Waals surface area (Å²) in [5.41, 5.74) is -0.610. The number of carbonyl (C=O) groups is 1. The van der Waals surface area contributed by atoms with Gasteiger partial charge in [0.1, 0.15) is 0 Å². The fraction of sp³-hybridized carbons (Fsp3) is 0.933. The highest BCUT2D eigenvalue weighted by Crippen LogP contribution is 2.59. The number of hydrogen-bond donors (Lipinski definition) is 0. The monoisotopic (exact) mass is 282 g/mol. The minimum absolute atomic E-state index is 0.123. The third kappa shape index (κ3) is 1.46. The third-order valence-corrected chi connectivity index (χ3v) is 5.97. The van der Waals surface area contributed by atoms with Gasteiger partial charge in [0.15, 0.2) is 5.60 Å². The highest BCUT2D eigenvalue weighted by Gasteiger charge is 2.69. The van der Waals surface area contributed by atoms with E-state index in [9.17, 15) is 4.79 Å². The minimum atomic E-state index is -0.793. The minimum Gasteiger partial charge on any atom is -0.432 e. The van der Waals surface area contributed by atoms with E-state index in [-0.39, 0.29) is 17.8 Å². The maximum atomic E-state index is 12.1. The molecule has 5 fully saturated rings. The molecule has 0 aromatic heterocycles. The maximum absolute atomic E-state index is 12.1. The van der Waals surface area contributed by atoms with Crippen LogP contribution in [0.3, 0.4) is 0 Å². The molecule has 1 spiro atoms. The summed E-state index contributed by atoms with van der Waals surface area (Å²) in [4.78, 5) is 23.7. The van der Waals surface area contributed by atoms with Gasteiger partial charge in [0.25, 0.3) is 0 Å². The van der Waals surface area contributed by atoms with Crippen molar-refractivity contribution in [1.82, 2.24) is 0 Å². The van der Waals surface area contributed by atoms with Crippen LogP contribution in [0.4, 0.5) is 0 Å². The Morgan fingerprint density at radius 2 is 1.90 bits per heavy atom. The Bertz CT molecular complexity index is 452. The lowest BCUT2D eigenvalue weighted by Gasteiger charge is -2.57. The van der Waals surface area contributed by atoms with E-state index in [1.807, 2.05) is 13.8 Å². The first-order valence-electron chi connectivity index (χ1n) is 7.71. The van der Waals surface area contributed by atoms with E-state index < -0.39 is 17.7 Å². The molecule has 4 saturated heterocycles. The Kier molecular flexibility index (Phi) is 2.58. The van der Waals surface area contributed by atoms with E-state index in [4.69, 9.17) is 19.2 Å². The molecule has 20 heavy (non-hydrogen) atoms. The van der Waals surface area contributed by atoms with Crippen molar-refractivity contribution in [2.45, 2.75) is 64.1 Å². The molecule has 2 bridgehead atoms. The highest BCUT2D eigenvalue weighted by atomic mass is 17.3. The van der Waals surface area contributed by atoms with Crippen LogP contribution < -0.4 is 0 Å². The zero-order valence-electron chi connectivity index (χ0n) is 12.3. The predicted molar refractivity (Wildman–Crippen MR) is 68.0 cm³/mol. The maximum Gasteiger partial charge on any atom is 0.311 e. The number of fused-ring (bicyclic) bond motifs is 2. The first kappa shape index (κ1) is 13.0. The van der Waals surface area contributed by atoms with Gasteiger partial charge in [-0.2, -0.15) is 0 Å². The van der Waals surface area contributed by atoms with Crippen molar-refractivity contribution in [3.05, 3.63) is 0 Å². The first-order valence-corrected chi connectivity index (χ1v) is 7.71. The molecule has 5 nitrogen and oxygen atoms in total. The molecule has 0 aromatic carbocycles. The van der Waals surface area contributed by atoms with Crippen LogP contribution in [0.2, 0.25) is 0 Å². The van der Waals surface area contributed by atoms with E-state index in [1.54, 1.807) is 0 Å². The van der Waals surface area contributed by atoms with Crippen molar-refractivity contribution < 1.29 is 24.0 Å². The molecule has 1 aliphatic carbocycles. The number of hydrogen-bond acceptors (Lipinski definition) is 5. The smallest absolute Gasteiger partial charge is 0.311 e. The van der Waals surface area contributed by atoms with Gasteiger partial charge in [-0.1, -0.05) is 13.8 Å². The van der Waals surface area contributed by atoms with Gasteiger partial charge in [0, 0.05) is 18.3 Å². The number of esters is 1. The molecule has 5 rings (SSSR count). The van der Waals surface area contributed by atoms with Gasteiger partial charge in [0.05, 0.1) is 5.92 Å². The standard InChI is InChI=1S/C15H22O5/c1-8-4-5-11-9(2)12(16)17-13-15(11)10(8)6-7-14(3,18-13)19-20-15/h8-11,13H,4-7H2,1-3H3/t8-,9-,10?,11-,13-,14-,15-/m1/s1. The largest absolute Gasteiger partial charge is 0.432 e. The molecule has 0 radical (unpaired) electrons. The molecule has 0 amide bonds. The van der Waals surface area contributed by atoms with Crippen molar-refractivity contribution in [3.8, 4) is 0 Å². The van der Waals surface area contributed by atoms with E-state index in [0.717, 1.165) is 25.7 Å². The average molecular weight is 282 g/mol. The van der Waals surface area contributed by atoms with Crippen LogP contribution in [-0.4, -0.2) is 23.6 Å². The molecule has 112 valence electrons. The molecule has 4 heterocycles. The summed E-state index contributed by atoms with van der Waals surface area (Å²) >= 11 is 0. The van der Waals surface area contributed by atoms with Crippen molar-refractivity contribution in [2.24, 2.45) is 23.7 Å². The molecule has 5 aliphatic rings. The van der Waals surface area contributed by atoms with Gasteiger partial charge in [-0.05, 0) is 32.1 Å². The van der Waals surface area contributed by atoms with Crippen LogP contribution in [-0.2, 0) is 24.0 Å². The SMILES string of the molecule is C[C@@H]1CC[C@@H]2[C@@H](C)C(=O)O[C@@H]3O[C@@]4(C)CCC1[C@]32OO4. The van der Waals surface area contributed by atoms with Crippen LogP contribution >= 0.6 is 0 Å². The normalized spacial score (nSPS) is 57.8. The Labute approximate surface area is 118 Å². The van der Waals surface area contributed by atoms with E-state index in [1.165, 1.54) is 0 Å². The van der Waals surface area contributed by atoms with Gasteiger partial charge in [-0.25, -0.2) is 9.78 Å². The van der Waals surface area contributed by atoms with Crippen LogP contribution in [0.5, 0.6) is 0 Å². The van der Waals surface area contributed by atoms with Crippen molar-refractivity contribution in [3.63, 3.8) is 0 Å². The second-order valence-corrected chi connectivity index (χ2v) is 7.14. The molecule has 1 saturated carbocycles. The lowest BCUT2D eigenvalue weighted by Crippen LogP contribution is -2.69. The second-order valence-electron chi connectivity index (χ2n) is 7.14. The van der Waals surface area contributed by atoms with Crippen molar-refractivity contribution in [2.75, 3.05) is 0 Å². The van der Waals surface area contributed by atoms with Crippen LogP contribution in [0.1, 0.15) is 46.5 Å². The molecular weight excluding hydrogens is 260 g/mol. The van der Waals surface area contributed by atoms with E-state index in [0.29, 0.717) is 11.8 Å². The van der Waals surface area contributed by atoms with E-state index in [2.05, 4.69) is 6.92 Å². The summed E-state index contributed by atoms with van der Waals surface area (Å²) in [5, 5.41) is 0. The topological polar surface area (TPSA) is 54.0 Å². The summed E-state index contributed by atoms with van der Waals surface area (Å²) < 4.78 is 11.6. The van der Waals surface area contributed by atoms with Crippen LogP contribution in [0.15, 0.2) is 0 Å². The van der Waals surface area contributed by atoms with Gasteiger partial charge in [-0.15, -0.1) is 0 Å². The highest BCUT2D eigenvalue weighted by molar-refractivity contribution is 5.74. The molecule has 7 atom stereocenters. The fourth-order valence-corrected chi connectivity index (χ4v) is 4.76. The third-order valence-electron chi connectivity index (χ3n) is 5.97. The number of rotatable bonds is 0. The lowest BCUT2D eigenvalue weighted by atomic mass is 9.58. The predicted octanol–water partition coefficient (Wildman–Crippen LogP) is 2.39. The number of ether oxygens (including phenoxy) is 2. The molecular formula is C15H22O5. The molecule has 0 aromatic rings. The van der Waals surface area contributed by atoms with Gasteiger partial charge in [-0.3, -0.25) is 4.79 Å². The van der Waals surface area contributed by atoms with Crippen molar-refractivity contribution in [1.29, 1.82) is 0 Å². The van der Waals surface area contributed by atoms with Gasteiger partial charge >= 0.3 is 5.97 Å². The summed E-state index contributed by atoms with van der Waals surface area (Å²) in [6.45, 7) is 6.06. The average Bonchev–Trinajstić information content (AvgIpc) is 2.63.